The molecule has 0 saturated carbocycles. The van der Waals surface area contributed by atoms with Gasteiger partial charge in [-0.2, -0.15) is 0 Å². The summed E-state index contributed by atoms with van der Waals surface area (Å²) in [6.07, 6.45) is 6.54. The van der Waals surface area contributed by atoms with Gasteiger partial charge >= 0.3 is 6.03 Å². The molecule has 31 heavy (non-hydrogen) atoms. The summed E-state index contributed by atoms with van der Waals surface area (Å²) in [6.45, 7) is 8.70. The highest BCUT2D eigenvalue weighted by Crippen LogP contribution is 2.27. The van der Waals surface area contributed by atoms with Crippen LogP contribution in [0.25, 0.3) is 0 Å². The summed E-state index contributed by atoms with van der Waals surface area (Å²) >= 11 is 0. The van der Waals surface area contributed by atoms with Gasteiger partial charge < -0.3 is 10.1 Å². The van der Waals surface area contributed by atoms with Gasteiger partial charge in [-0.3, -0.25) is 15.3 Å². The molecule has 7 nitrogen and oxygen atoms in total. The molecule has 0 spiro atoms. The molecule has 3 aromatic rings. The Bertz CT molecular complexity index is 1100. The fourth-order valence-corrected chi connectivity index (χ4v) is 2.98. The molecule has 0 unspecified atom stereocenters. The molecule has 0 aliphatic heterocycles. The van der Waals surface area contributed by atoms with E-state index in [1.54, 1.807) is 18.6 Å². The number of aryl methyl sites for hydroxylation is 1. The minimum atomic E-state index is -1.53. The Hall–Kier alpha value is -3.70. The molecule has 2 aromatic heterocycles. The monoisotopic (exact) mass is 431 g/mol. The molecule has 3 rings (SSSR count). The Morgan fingerprint density at radius 2 is 1.94 bits per heavy atom. The third kappa shape index (κ3) is 7.24. The van der Waals surface area contributed by atoms with Gasteiger partial charge in [0.05, 0.1) is 23.8 Å². The summed E-state index contributed by atoms with van der Waals surface area (Å²) in [5, 5.41) is 5.51. The van der Waals surface area contributed by atoms with E-state index < -0.39 is 14.1 Å². The maximum Gasteiger partial charge on any atom is 0.325 e. The molecule has 8 heteroatoms. The predicted octanol–water partition coefficient (Wildman–Crippen LogP) is 4.63. The van der Waals surface area contributed by atoms with Gasteiger partial charge in [-0.25, -0.2) is 9.78 Å². The average molecular weight is 432 g/mol. The van der Waals surface area contributed by atoms with E-state index in [4.69, 9.17) is 4.74 Å². The van der Waals surface area contributed by atoms with Gasteiger partial charge in [-0.1, -0.05) is 31.6 Å². The van der Waals surface area contributed by atoms with E-state index >= 15 is 0 Å². The molecule has 158 valence electrons. The van der Waals surface area contributed by atoms with Crippen molar-refractivity contribution in [3.05, 3.63) is 71.9 Å². The molecule has 0 aliphatic carbocycles. The van der Waals surface area contributed by atoms with Crippen molar-refractivity contribution in [2.75, 3.05) is 10.6 Å². The minimum absolute atomic E-state index is 0.327. The van der Waals surface area contributed by atoms with E-state index in [0.717, 1.165) is 16.8 Å². The molecule has 2 amide bonds. The van der Waals surface area contributed by atoms with Gasteiger partial charge in [0.15, 0.2) is 5.82 Å². The maximum absolute atomic E-state index is 12.5. The van der Waals surface area contributed by atoms with Crippen molar-refractivity contribution in [3.8, 4) is 17.2 Å². The highest BCUT2D eigenvalue weighted by molar-refractivity contribution is 6.83. The fourth-order valence-electron chi connectivity index (χ4n) is 2.46. The SMILES string of the molecule is Cc1cnc(NC(=O)Nc2cc(C#C[Si](C)(C)C)ccc2OCc2cccnc2)cn1. The lowest BCUT2D eigenvalue weighted by Gasteiger charge is -2.14. The topological polar surface area (TPSA) is 89.0 Å². The largest absolute Gasteiger partial charge is 0.487 e. The quantitative estimate of drug-likeness (QED) is 0.454. The molecule has 0 fully saturated rings. The number of urea groups is 1. The van der Waals surface area contributed by atoms with Crippen molar-refractivity contribution < 1.29 is 9.53 Å². The number of benzene rings is 1. The first-order valence-electron chi connectivity index (χ1n) is 9.84. The average Bonchev–Trinajstić information content (AvgIpc) is 2.73. The van der Waals surface area contributed by atoms with Crippen LogP contribution in [0.5, 0.6) is 5.75 Å². The number of nitrogens with zero attached hydrogens (tertiary/aromatic N) is 3. The van der Waals surface area contributed by atoms with Crippen molar-refractivity contribution in [1.29, 1.82) is 0 Å². The third-order valence-corrected chi connectivity index (χ3v) is 4.82. The summed E-state index contributed by atoms with van der Waals surface area (Å²) in [7, 11) is -1.53. The number of rotatable bonds is 5. The van der Waals surface area contributed by atoms with Gasteiger partial charge in [0.25, 0.3) is 0 Å². The first-order valence-corrected chi connectivity index (χ1v) is 13.3. The number of nitrogens with one attached hydrogen (secondary N) is 2. The number of carbonyl (C=O) groups excluding carboxylic acids is 1. The van der Waals surface area contributed by atoms with Crippen LogP contribution in [0.15, 0.2) is 55.1 Å². The van der Waals surface area contributed by atoms with Crippen molar-refractivity contribution in [2.45, 2.75) is 33.2 Å². The summed E-state index contributed by atoms with van der Waals surface area (Å²) < 4.78 is 5.94. The zero-order valence-corrected chi connectivity index (χ0v) is 19.1. The van der Waals surface area contributed by atoms with Crippen LogP contribution in [0.1, 0.15) is 16.8 Å². The molecule has 2 heterocycles. The molecule has 0 atom stereocenters. The van der Waals surface area contributed by atoms with E-state index in [9.17, 15) is 4.79 Å². The van der Waals surface area contributed by atoms with Gasteiger partial charge in [0.2, 0.25) is 0 Å². The lowest BCUT2D eigenvalue weighted by atomic mass is 10.2. The highest BCUT2D eigenvalue weighted by atomic mass is 28.3. The predicted molar refractivity (Wildman–Crippen MR) is 125 cm³/mol. The van der Waals surface area contributed by atoms with Gasteiger partial charge in [0, 0.05) is 23.5 Å². The van der Waals surface area contributed by atoms with Gasteiger partial charge in [0.1, 0.15) is 20.4 Å². The van der Waals surface area contributed by atoms with Gasteiger partial charge in [-0.15, -0.1) is 5.54 Å². The lowest BCUT2D eigenvalue weighted by Crippen LogP contribution is -2.21. The van der Waals surface area contributed by atoms with Crippen LogP contribution in [0.2, 0.25) is 19.6 Å². The number of anilines is 2. The van der Waals surface area contributed by atoms with Crippen molar-refractivity contribution in [3.63, 3.8) is 0 Å². The van der Waals surface area contributed by atoms with Crippen LogP contribution >= 0.6 is 0 Å². The lowest BCUT2D eigenvalue weighted by molar-refractivity contribution is 0.261. The molecule has 0 saturated heterocycles. The van der Waals surface area contributed by atoms with E-state index in [2.05, 4.69) is 56.7 Å². The number of aromatic nitrogens is 3. The van der Waals surface area contributed by atoms with Crippen LogP contribution in [0.3, 0.4) is 0 Å². The van der Waals surface area contributed by atoms with Crippen LogP contribution in [0, 0.1) is 18.4 Å². The Kier molecular flexibility index (Phi) is 7.00. The zero-order valence-electron chi connectivity index (χ0n) is 18.1. The molecule has 2 N–H and O–H groups in total. The van der Waals surface area contributed by atoms with E-state index in [1.165, 1.54) is 6.20 Å². The molecule has 0 radical (unpaired) electrons. The van der Waals surface area contributed by atoms with Crippen molar-refractivity contribution >= 4 is 25.6 Å². The van der Waals surface area contributed by atoms with Crippen molar-refractivity contribution in [1.82, 2.24) is 15.0 Å². The van der Waals surface area contributed by atoms with Crippen LogP contribution < -0.4 is 15.4 Å². The zero-order chi connectivity index (χ0) is 22.3. The van der Waals surface area contributed by atoms with Crippen LogP contribution in [0.4, 0.5) is 16.3 Å². The van der Waals surface area contributed by atoms with E-state index in [-0.39, 0.29) is 0 Å². The fraction of sp³-hybridized carbons (Fsp3) is 0.217. The van der Waals surface area contributed by atoms with E-state index in [0.29, 0.717) is 23.9 Å². The Balaban J connectivity index is 1.80. The standard InChI is InChI=1S/C23H25N5O2Si/c1-17-13-26-22(15-25-17)28-23(29)27-20-12-18(9-11-31(2,3)4)7-8-21(20)30-16-19-6-5-10-24-14-19/h5-8,10,12-15H,16H2,1-4H3,(H2,26,27,28,29). The molecular formula is C23H25N5O2Si. The maximum atomic E-state index is 12.5. The normalized spacial score (nSPS) is 10.6. The molecule has 1 aromatic carbocycles. The summed E-state index contributed by atoms with van der Waals surface area (Å²) in [6, 6.07) is 8.84. The Morgan fingerprint density at radius 3 is 2.61 bits per heavy atom. The second-order valence-corrected chi connectivity index (χ2v) is 12.7. The van der Waals surface area contributed by atoms with Crippen LogP contribution in [-0.2, 0) is 6.61 Å². The molecule has 0 bridgehead atoms. The Morgan fingerprint density at radius 1 is 1.10 bits per heavy atom. The summed E-state index contributed by atoms with van der Waals surface area (Å²) in [5.74, 6) is 4.10. The Labute approximate surface area is 183 Å². The second-order valence-electron chi connectivity index (χ2n) is 7.98. The number of hydrogen-bond acceptors (Lipinski definition) is 5. The minimum Gasteiger partial charge on any atom is -0.487 e. The number of hydrogen-bond donors (Lipinski definition) is 2. The van der Waals surface area contributed by atoms with Crippen molar-refractivity contribution in [2.24, 2.45) is 0 Å². The second kappa shape index (κ2) is 9.87. The summed E-state index contributed by atoms with van der Waals surface area (Å²) in [5.41, 5.74) is 6.35. The number of ether oxygens (including phenoxy) is 1. The van der Waals surface area contributed by atoms with E-state index in [1.807, 2.05) is 37.3 Å². The molecule has 0 aliphatic rings. The van der Waals surface area contributed by atoms with Gasteiger partial charge in [-0.05, 0) is 31.2 Å². The number of carbonyl (C=O) groups is 1. The first kappa shape index (κ1) is 22.0. The third-order valence-electron chi connectivity index (χ3n) is 3.95. The highest BCUT2D eigenvalue weighted by Gasteiger charge is 2.12. The smallest absolute Gasteiger partial charge is 0.325 e. The number of amides is 2. The van der Waals surface area contributed by atoms with Crippen LogP contribution in [-0.4, -0.2) is 29.1 Å². The molecular weight excluding hydrogens is 406 g/mol. The first-order chi connectivity index (χ1) is 14.8. The summed E-state index contributed by atoms with van der Waals surface area (Å²) in [4.78, 5) is 24.9. The number of pyridine rings is 1.